The zero-order chi connectivity index (χ0) is 11.4. The maximum Gasteiger partial charge on any atom is 0.233 e. The van der Waals surface area contributed by atoms with Gasteiger partial charge in [0, 0.05) is 13.1 Å². The second-order valence-corrected chi connectivity index (χ2v) is 4.94. The van der Waals surface area contributed by atoms with E-state index in [0.717, 1.165) is 25.6 Å². The molecule has 0 bridgehead atoms. The van der Waals surface area contributed by atoms with E-state index in [1.807, 2.05) is 0 Å². The highest BCUT2D eigenvalue weighted by molar-refractivity contribution is 5.77. The molecule has 0 aromatic rings. The molecule has 2 saturated heterocycles. The molecular weight excluding hydrogens is 202 g/mol. The predicted octanol–water partition coefficient (Wildman–Crippen LogP) is 0.196. The van der Waals surface area contributed by atoms with E-state index in [1.165, 1.54) is 25.7 Å². The summed E-state index contributed by atoms with van der Waals surface area (Å²) in [6, 6.07) is 0.652. The van der Waals surface area contributed by atoms with Crippen LogP contribution in [0.1, 0.15) is 25.7 Å². The Morgan fingerprint density at radius 1 is 1.38 bits per heavy atom. The van der Waals surface area contributed by atoms with Gasteiger partial charge in [-0.3, -0.25) is 9.69 Å². The number of likely N-dealkylation sites (tertiary alicyclic amines) is 1. The summed E-state index contributed by atoms with van der Waals surface area (Å²) in [7, 11) is 1.72. The Kier molecular flexibility index (Phi) is 4.18. The number of amides is 1. The van der Waals surface area contributed by atoms with Gasteiger partial charge in [0.1, 0.15) is 0 Å². The lowest BCUT2D eigenvalue weighted by molar-refractivity contribution is -0.122. The van der Waals surface area contributed by atoms with Crippen LogP contribution in [0.25, 0.3) is 0 Å². The van der Waals surface area contributed by atoms with Crippen LogP contribution in [0.5, 0.6) is 0 Å². The van der Waals surface area contributed by atoms with Gasteiger partial charge in [0.2, 0.25) is 5.91 Å². The smallest absolute Gasteiger partial charge is 0.233 e. The van der Waals surface area contributed by atoms with E-state index in [0.29, 0.717) is 12.6 Å². The number of rotatable bonds is 3. The van der Waals surface area contributed by atoms with E-state index >= 15 is 0 Å². The Morgan fingerprint density at radius 3 is 2.81 bits per heavy atom. The molecular formula is C12H23N3O. The van der Waals surface area contributed by atoms with Crippen molar-refractivity contribution in [2.45, 2.75) is 31.7 Å². The summed E-state index contributed by atoms with van der Waals surface area (Å²) in [5, 5.41) is 6.13. The Balaban J connectivity index is 1.89. The maximum atomic E-state index is 11.4. The van der Waals surface area contributed by atoms with Crippen molar-refractivity contribution in [1.29, 1.82) is 0 Å². The van der Waals surface area contributed by atoms with Crippen LogP contribution in [0.4, 0.5) is 0 Å². The van der Waals surface area contributed by atoms with Crippen molar-refractivity contribution in [3.8, 4) is 0 Å². The molecule has 0 radical (unpaired) electrons. The summed E-state index contributed by atoms with van der Waals surface area (Å²) in [6.07, 6.45) is 5.08. The molecule has 2 aliphatic rings. The topological polar surface area (TPSA) is 44.4 Å². The Hall–Kier alpha value is -0.610. The van der Waals surface area contributed by atoms with Crippen molar-refractivity contribution in [3.05, 3.63) is 0 Å². The fraction of sp³-hybridized carbons (Fsp3) is 0.917. The standard InChI is InChI=1S/C12H23N3O/c1-13-12(16)9-15-8-2-3-11(15)10-4-6-14-7-5-10/h10-11,14H,2-9H2,1H3,(H,13,16). The summed E-state index contributed by atoms with van der Waals surface area (Å²) in [5.74, 6) is 0.953. The molecule has 16 heavy (non-hydrogen) atoms. The number of carbonyl (C=O) groups is 1. The lowest BCUT2D eigenvalue weighted by Gasteiger charge is -2.33. The Bertz CT molecular complexity index is 238. The zero-order valence-electron chi connectivity index (χ0n) is 10.2. The van der Waals surface area contributed by atoms with Gasteiger partial charge < -0.3 is 10.6 Å². The van der Waals surface area contributed by atoms with Crippen LogP contribution >= 0.6 is 0 Å². The van der Waals surface area contributed by atoms with Crippen LogP contribution in [0, 0.1) is 5.92 Å². The van der Waals surface area contributed by atoms with Gasteiger partial charge >= 0.3 is 0 Å². The van der Waals surface area contributed by atoms with Gasteiger partial charge in [0.05, 0.1) is 6.54 Å². The second kappa shape index (κ2) is 5.64. The van der Waals surface area contributed by atoms with E-state index in [2.05, 4.69) is 15.5 Å². The van der Waals surface area contributed by atoms with Gasteiger partial charge in [0.15, 0.2) is 0 Å². The minimum absolute atomic E-state index is 0.154. The van der Waals surface area contributed by atoms with E-state index in [1.54, 1.807) is 7.05 Å². The Morgan fingerprint density at radius 2 is 2.12 bits per heavy atom. The van der Waals surface area contributed by atoms with Crippen molar-refractivity contribution >= 4 is 5.91 Å². The maximum absolute atomic E-state index is 11.4. The normalized spacial score (nSPS) is 28.2. The van der Waals surface area contributed by atoms with E-state index < -0.39 is 0 Å². The molecule has 0 saturated carbocycles. The molecule has 0 aromatic carbocycles. The molecule has 2 fully saturated rings. The minimum atomic E-state index is 0.154. The van der Waals surface area contributed by atoms with Crippen LogP contribution in [0.2, 0.25) is 0 Å². The lowest BCUT2D eigenvalue weighted by Crippen LogP contribution is -2.44. The number of hydrogen-bond acceptors (Lipinski definition) is 3. The van der Waals surface area contributed by atoms with E-state index in [4.69, 9.17) is 0 Å². The molecule has 4 nitrogen and oxygen atoms in total. The van der Waals surface area contributed by atoms with Gasteiger partial charge in [-0.25, -0.2) is 0 Å². The van der Waals surface area contributed by atoms with Gasteiger partial charge in [0.25, 0.3) is 0 Å². The van der Waals surface area contributed by atoms with Crippen LogP contribution in [0.15, 0.2) is 0 Å². The van der Waals surface area contributed by atoms with Gasteiger partial charge in [-0.05, 0) is 51.2 Å². The summed E-state index contributed by atoms with van der Waals surface area (Å²) >= 11 is 0. The fourth-order valence-electron chi connectivity index (χ4n) is 3.07. The number of carbonyl (C=O) groups excluding carboxylic acids is 1. The van der Waals surface area contributed by atoms with Gasteiger partial charge in [-0.1, -0.05) is 0 Å². The van der Waals surface area contributed by atoms with Crippen molar-refractivity contribution in [1.82, 2.24) is 15.5 Å². The van der Waals surface area contributed by atoms with Crippen molar-refractivity contribution in [2.75, 3.05) is 33.2 Å². The molecule has 4 heteroatoms. The third-order valence-electron chi connectivity index (χ3n) is 3.97. The van der Waals surface area contributed by atoms with Crippen LogP contribution in [-0.2, 0) is 4.79 Å². The molecule has 2 N–H and O–H groups in total. The summed E-state index contributed by atoms with van der Waals surface area (Å²) in [5.41, 5.74) is 0. The zero-order valence-corrected chi connectivity index (χ0v) is 10.2. The average molecular weight is 225 g/mol. The quantitative estimate of drug-likeness (QED) is 0.721. The number of nitrogens with zero attached hydrogens (tertiary/aromatic N) is 1. The van der Waals surface area contributed by atoms with Crippen LogP contribution in [-0.4, -0.2) is 50.1 Å². The summed E-state index contributed by atoms with van der Waals surface area (Å²) < 4.78 is 0. The van der Waals surface area contributed by atoms with Crippen LogP contribution in [0.3, 0.4) is 0 Å². The minimum Gasteiger partial charge on any atom is -0.358 e. The number of piperidine rings is 1. The first kappa shape index (κ1) is 11.9. The molecule has 0 spiro atoms. The van der Waals surface area contributed by atoms with E-state index in [9.17, 15) is 4.79 Å². The fourth-order valence-corrected chi connectivity index (χ4v) is 3.07. The molecule has 92 valence electrons. The third-order valence-corrected chi connectivity index (χ3v) is 3.97. The molecule has 2 rings (SSSR count). The molecule has 1 unspecified atom stereocenters. The first-order chi connectivity index (χ1) is 7.81. The van der Waals surface area contributed by atoms with E-state index in [-0.39, 0.29) is 5.91 Å². The largest absolute Gasteiger partial charge is 0.358 e. The number of likely N-dealkylation sites (N-methyl/N-ethyl adjacent to an activating group) is 1. The highest BCUT2D eigenvalue weighted by atomic mass is 16.1. The molecule has 0 aliphatic carbocycles. The molecule has 2 aliphatic heterocycles. The van der Waals surface area contributed by atoms with Crippen molar-refractivity contribution < 1.29 is 4.79 Å². The predicted molar refractivity (Wildman–Crippen MR) is 64.3 cm³/mol. The number of nitrogens with one attached hydrogen (secondary N) is 2. The monoisotopic (exact) mass is 225 g/mol. The Labute approximate surface area is 97.8 Å². The van der Waals surface area contributed by atoms with Crippen molar-refractivity contribution in [3.63, 3.8) is 0 Å². The average Bonchev–Trinajstić information content (AvgIpc) is 2.78. The summed E-state index contributed by atoms with van der Waals surface area (Å²) in [6.45, 7) is 3.98. The van der Waals surface area contributed by atoms with Crippen molar-refractivity contribution in [2.24, 2.45) is 5.92 Å². The van der Waals surface area contributed by atoms with Gasteiger partial charge in [-0.2, -0.15) is 0 Å². The highest BCUT2D eigenvalue weighted by Gasteiger charge is 2.32. The number of hydrogen-bond donors (Lipinski definition) is 2. The van der Waals surface area contributed by atoms with Gasteiger partial charge in [-0.15, -0.1) is 0 Å². The third kappa shape index (κ3) is 2.74. The second-order valence-electron chi connectivity index (χ2n) is 4.94. The highest BCUT2D eigenvalue weighted by Crippen LogP contribution is 2.28. The SMILES string of the molecule is CNC(=O)CN1CCCC1C1CCNCC1. The summed E-state index contributed by atoms with van der Waals surface area (Å²) in [4.78, 5) is 13.8. The molecule has 1 atom stereocenters. The molecule has 2 heterocycles. The molecule has 1 amide bonds. The lowest BCUT2D eigenvalue weighted by atomic mass is 9.89. The van der Waals surface area contributed by atoms with Crippen LogP contribution < -0.4 is 10.6 Å². The molecule has 0 aromatic heterocycles. The first-order valence-corrected chi connectivity index (χ1v) is 6.46. The first-order valence-electron chi connectivity index (χ1n) is 6.46.